The number of anilines is 1. The highest BCUT2D eigenvalue weighted by atomic mass is 32.2. The average molecular weight is 288 g/mol. The molecule has 1 heterocycles. The predicted octanol–water partition coefficient (Wildman–Crippen LogP) is 1.01. The first-order chi connectivity index (χ1) is 8.55. The summed E-state index contributed by atoms with van der Waals surface area (Å²) in [5.74, 6) is 1.96. The number of nitrogen functional groups attached to an aromatic ring is 1. The number of rotatable bonds is 3. The van der Waals surface area contributed by atoms with E-state index in [4.69, 9.17) is 10.5 Å². The van der Waals surface area contributed by atoms with Crippen LogP contribution >= 0.6 is 11.8 Å². The normalized spacial score (nSPS) is 17.6. The molecule has 2 rings (SSSR count). The van der Waals surface area contributed by atoms with Crippen molar-refractivity contribution in [2.24, 2.45) is 0 Å². The molecule has 0 spiro atoms. The van der Waals surface area contributed by atoms with Gasteiger partial charge >= 0.3 is 0 Å². The molecule has 0 aromatic heterocycles. The van der Waals surface area contributed by atoms with Gasteiger partial charge in [-0.25, -0.2) is 8.42 Å². The Balaban J connectivity index is 2.40. The van der Waals surface area contributed by atoms with E-state index < -0.39 is 10.0 Å². The van der Waals surface area contributed by atoms with Crippen molar-refractivity contribution in [3.8, 4) is 5.75 Å². The second-order valence-electron chi connectivity index (χ2n) is 3.93. The summed E-state index contributed by atoms with van der Waals surface area (Å²) in [7, 11) is -2.04. The Kier molecular flexibility index (Phi) is 4.04. The van der Waals surface area contributed by atoms with E-state index in [1.54, 1.807) is 17.8 Å². The molecular formula is C11H16N2O3S2. The van der Waals surface area contributed by atoms with Gasteiger partial charge in [0.2, 0.25) is 10.0 Å². The zero-order chi connectivity index (χ0) is 13.2. The number of hydrogen-bond donors (Lipinski definition) is 1. The van der Waals surface area contributed by atoms with E-state index in [0.717, 1.165) is 11.5 Å². The van der Waals surface area contributed by atoms with Gasteiger partial charge in [-0.2, -0.15) is 16.1 Å². The second kappa shape index (κ2) is 5.38. The molecule has 1 fully saturated rings. The van der Waals surface area contributed by atoms with Crippen molar-refractivity contribution in [2.75, 3.05) is 37.4 Å². The molecule has 2 N–H and O–H groups in total. The van der Waals surface area contributed by atoms with E-state index in [-0.39, 0.29) is 4.90 Å². The van der Waals surface area contributed by atoms with Crippen LogP contribution in [0.25, 0.3) is 0 Å². The predicted molar refractivity (Wildman–Crippen MR) is 73.5 cm³/mol. The maximum Gasteiger partial charge on any atom is 0.246 e. The largest absolute Gasteiger partial charge is 0.495 e. The van der Waals surface area contributed by atoms with E-state index in [1.807, 2.05) is 0 Å². The minimum absolute atomic E-state index is 0.186. The summed E-state index contributed by atoms with van der Waals surface area (Å²) in [4.78, 5) is 0.186. The van der Waals surface area contributed by atoms with Gasteiger partial charge in [-0.1, -0.05) is 0 Å². The number of ether oxygens (including phenoxy) is 1. The highest BCUT2D eigenvalue weighted by Gasteiger charge is 2.28. The van der Waals surface area contributed by atoms with E-state index in [2.05, 4.69) is 0 Å². The van der Waals surface area contributed by atoms with Crippen molar-refractivity contribution in [2.45, 2.75) is 4.90 Å². The fourth-order valence-corrected chi connectivity index (χ4v) is 4.54. The molecule has 0 radical (unpaired) electrons. The average Bonchev–Trinajstić information content (AvgIpc) is 2.39. The van der Waals surface area contributed by atoms with Gasteiger partial charge in [0.25, 0.3) is 0 Å². The van der Waals surface area contributed by atoms with Crippen molar-refractivity contribution in [3.63, 3.8) is 0 Å². The van der Waals surface area contributed by atoms with Crippen molar-refractivity contribution in [1.29, 1.82) is 0 Å². The lowest BCUT2D eigenvalue weighted by Crippen LogP contribution is -2.38. The molecule has 1 saturated heterocycles. The maximum absolute atomic E-state index is 12.5. The summed E-state index contributed by atoms with van der Waals surface area (Å²) < 4.78 is 31.6. The Morgan fingerprint density at radius 3 is 2.61 bits per heavy atom. The SMILES string of the molecule is COc1cc(N)ccc1S(=O)(=O)N1CCSCC1. The Labute approximate surface area is 111 Å². The van der Waals surface area contributed by atoms with Crippen LogP contribution in [0.4, 0.5) is 5.69 Å². The number of nitrogens with two attached hydrogens (primary N) is 1. The highest BCUT2D eigenvalue weighted by Crippen LogP contribution is 2.29. The molecule has 0 amide bonds. The van der Waals surface area contributed by atoms with E-state index in [9.17, 15) is 8.42 Å². The fraction of sp³-hybridized carbons (Fsp3) is 0.455. The lowest BCUT2D eigenvalue weighted by Gasteiger charge is -2.26. The van der Waals surface area contributed by atoms with Gasteiger partial charge in [0.15, 0.2) is 0 Å². The van der Waals surface area contributed by atoms with Crippen LogP contribution in [0.2, 0.25) is 0 Å². The van der Waals surface area contributed by atoms with Crippen LogP contribution in [-0.4, -0.2) is 44.4 Å². The molecule has 0 unspecified atom stereocenters. The topological polar surface area (TPSA) is 72.6 Å². The van der Waals surface area contributed by atoms with Gasteiger partial charge in [0.05, 0.1) is 7.11 Å². The number of nitrogens with zero attached hydrogens (tertiary/aromatic N) is 1. The van der Waals surface area contributed by atoms with Gasteiger partial charge < -0.3 is 10.5 Å². The molecule has 0 saturated carbocycles. The van der Waals surface area contributed by atoms with Crippen LogP contribution < -0.4 is 10.5 Å². The van der Waals surface area contributed by atoms with Crippen molar-refractivity contribution >= 4 is 27.5 Å². The summed E-state index contributed by atoms with van der Waals surface area (Å²) in [6.45, 7) is 1.08. The molecule has 7 heteroatoms. The molecule has 0 aliphatic carbocycles. The number of methoxy groups -OCH3 is 1. The summed E-state index contributed by atoms with van der Waals surface area (Å²) in [5.41, 5.74) is 6.12. The molecule has 18 heavy (non-hydrogen) atoms. The lowest BCUT2D eigenvalue weighted by atomic mass is 10.3. The van der Waals surface area contributed by atoms with Crippen molar-refractivity contribution in [1.82, 2.24) is 4.31 Å². The third-order valence-electron chi connectivity index (χ3n) is 2.78. The molecule has 1 aliphatic rings. The zero-order valence-electron chi connectivity index (χ0n) is 10.1. The molecule has 1 aromatic rings. The summed E-state index contributed by atoms with van der Waals surface area (Å²) in [6.07, 6.45) is 0. The van der Waals surface area contributed by atoms with Crippen LogP contribution in [-0.2, 0) is 10.0 Å². The van der Waals surface area contributed by atoms with Gasteiger partial charge in [-0.15, -0.1) is 0 Å². The van der Waals surface area contributed by atoms with Crippen LogP contribution in [0.3, 0.4) is 0 Å². The Morgan fingerprint density at radius 2 is 2.00 bits per heavy atom. The fourth-order valence-electron chi connectivity index (χ4n) is 1.82. The molecule has 1 aliphatic heterocycles. The number of thioether (sulfide) groups is 1. The standard InChI is InChI=1S/C11H16N2O3S2/c1-16-10-8-9(12)2-3-11(10)18(14,15)13-4-6-17-7-5-13/h2-3,8H,4-7,12H2,1H3. The van der Waals surface area contributed by atoms with Crippen LogP contribution in [0.15, 0.2) is 23.1 Å². The van der Waals surface area contributed by atoms with Crippen LogP contribution in [0.5, 0.6) is 5.75 Å². The summed E-state index contributed by atoms with van der Waals surface area (Å²) >= 11 is 1.76. The Morgan fingerprint density at radius 1 is 1.33 bits per heavy atom. The van der Waals surface area contributed by atoms with E-state index >= 15 is 0 Å². The highest BCUT2D eigenvalue weighted by molar-refractivity contribution is 7.99. The molecule has 100 valence electrons. The van der Waals surface area contributed by atoms with Gasteiger partial charge in [0.1, 0.15) is 10.6 Å². The smallest absolute Gasteiger partial charge is 0.246 e. The number of benzene rings is 1. The lowest BCUT2D eigenvalue weighted by molar-refractivity contribution is 0.395. The van der Waals surface area contributed by atoms with Gasteiger partial charge in [-0.3, -0.25) is 0 Å². The quantitative estimate of drug-likeness (QED) is 0.841. The third-order valence-corrected chi connectivity index (χ3v) is 5.66. The van der Waals surface area contributed by atoms with E-state index in [0.29, 0.717) is 24.5 Å². The first-order valence-corrected chi connectivity index (χ1v) is 8.16. The van der Waals surface area contributed by atoms with Gasteiger partial charge in [-0.05, 0) is 12.1 Å². The monoisotopic (exact) mass is 288 g/mol. The maximum atomic E-state index is 12.5. The van der Waals surface area contributed by atoms with Crippen LogP contribution in [0, 0.1) is 0 Å². The number of hydrogen-bond acceptors (Lipinski definition) is 5. The zero-order valence-corrected chi connectivity index (χ0v) is 11.8. The minimum atomic E-state index is -3.48. The first-order valence-electron chi connectivity index (χ1n) is 5.57. The summed E-state index contributed by atoms with van der Waals surface area (Å²) in [6, 6.07) is 4.62. The Hall–Kier alpha value is -0.920. The summed E-state index contributed by atoms with van der Waals surface area (Å²) in [5, 5.41) is 0. The number of sulfonamides is 1. The molecule has 0 bridgehead atoms. The van der Waals surface area contributed by atoms with Crippen LogP contribution in [0.1, 0.15) is 0 Å². The van der Waals surface area contributed by atoms with Gasteiger partial charge in [0, 0.05) is 36.3 Å². The van der Waals surface area contributed by atoms with Crippen molar-refractivity contribution in [3.05, 3.63) is 18.2 Å². The minimum Gasteiger partial charge on any atom is -0.495 e. The van der Waals surface area contributed by atoms with Crippen molar-refractivity contribution < 1.29 is 13.2 Å². The second-order valence-corrected chi connectivity index (χ2v) is 7.06. The van der Waals surface area contributed by atoms with E-state index in [1.165, 1.54) is 23.5 Å². The molecular weight excluding hydrogens is 272 g/mol. The Bertz CT molecular complexity index is 525. The first kappa shape index (κ1) is 13.5. The third kappa shape index (κ3) is 2.57. The molecule has 1 aromatic carbocycles. The molecule has 5 nitrogen and oxygen atoms in total. The molecule has 0 atom stereocenters.